The maximum Gasteiger partial charge on any atom is 0.0136 e. The largest absolute Gasteiger partial charge is 0.0847 e. The van der Waals surface area contributed by atoms with Crippen LogP contribution in [0.1, 0.15) is 44.2 Å². The molecule has 1 heteroatoms. The van der Waals surface area contributed by atoms with E-state index in [1.807, 2.05) is 0 Å². The topological polar surface area (TPSA) is 0 Å². The van der Waals surface area contributed by atoms with Crippen molar-refractivity contribution in [1.82, 2.24) is 0 Å². The van der Waals surface area contributed by atoms with Gasteiger partial charge in [-0.05, 0) is 89.9 Å². The van der Waals surface area contributed by atoms with Crippen molar-refractivity contribution in [2.45, 2.75) is 45.4 Å². The minimum absolute atomic E-state index is 0.254. The second-order valence-electron chi connectivity index (χ2n) is 6.87. The zero-order valence-electron chi connectivity index (χ0n) is 13.6. The number of hydrogen-bond acceptors (Lipinski definition) is 0. The molecule has 0 unspecified atom stereocenters. The number of allylic oxidation sites excluding steroid dienone is 2. The Morgan fingerprint density at radius 2 is 1.73 bits per heavy atom. The van der Waals surface area contributed by atoms with Gasteiger partial charge in [-0.15, -0.1) is 0 Å². The van der Waals surface area contributed by atoms with Crippen LogP contribution in [0.5, 0.6) is 0 Å². The van der Waals surface area contributed by atoms with Crippen molar-refractivity contribution in [3.8, 4) is 11.1 Å². The van der Waals surface area contributed by atoms with Gasteiger partial charge in [0.05, 0.1) is 0 Å². The zero-order valence-corrected chi connectivity index (χ0v) is 15.8. The van der Waals surface area contributed by atoms with Gasteiger partial charge < -0.3 is 0 Å². The molecular weight excluding hydrogens is 379 g/mol. The highest BCUT2D eigenvalue weighted by Crippen LogP contribution is 2.43. The molecular formula is C21H23I. The highest BCUT2D eigenvalue weighted by atomic mass is 127. The van der Waals surface area contributed by atoms with E-state index >= 15 is 0 Å². The van der Waals surface area contributed by atoms with Crippen LogP contribution >= 0.6 is 22.6 Å². The maximum absolute atomic E-state index is 2.43. The van der Waals surface area contributed by atoms with Crippen LogP contribution in [0.3, 0.4) is 0 Å². The number of hydrogen-bond donors (Lipinski definition) is 0. The molecule has 3 rings (SSSR count). The molecule has 0 bridgehead atoms. The Morgan fingerprint density at radius 1 is 1.00 bits per heavy atom. The lowest BCUT2D eigenvalue weighted by molar-refractivity contribution is 0.420. The lowest BCUT2D eigenvalue weighted by Gasteiger charge is -2.35. The van der Waals surface area contributed by atoms with Crippen LogP contribution in [0.2, 0.25) is 0 Å². The van der Waals surface area contributed by atoms with Gasteiger partial charge in [0.2, 0.25) is 0 Å². The van der Waals surface area contributed by atoms with E-state index in [0.29, 0.717) is 0 Å². The van der Waals surface area contributed by atoms with Gasteiger partial charge in [0, 0.05) is 3.57 Å². The molecule has 22 heavy (non-hydrogen) atoms. The Bertz CT molecular complexity index is 709. The van der Waals surface area contributed by atoms with E-state index in [-0.39, 0.29) is 5.41 Å². The molecule has 0 radical (unpaired) electrons. The van der Waals surface area contributed by atoms with Crippen LogP contribution in [0.25, 0.3) is 11.1 Å². The van der Waals surface area contributed by atoms with Gasteiger partial charge in [0.1, 0.15) is 0 Å². The molecule has 0 aliphatic heterocycles. The molecule has 1 atom stereocenters. The Kier molecular flexibility index (Phi) is 4.44. The molecule has 0 fully saturated rings. The van der Waals surface area contributed by atoms with E-state index < -0.39 is 0 Å². The van der Waals surface area contributed by atoms with Crippen molar-refractivity contribution in [1.29, 1.82) is 0 Å². The van der Waals surface area contributed by atoms with Crippen molar-refractivity contribution >= 4 is 22.6 Å². The average Bonchev–Trinajstić information content (AvgIpc) is 2.51. The van der Waals surface area contributed by atoms with Gasteiger partial charge in [-0.2, -0.15) is 0 Å². The molecule has 0 spiro atoms. The summed E-state index contributed by atoms with van der Waals surface area (Å²) in [6.45, 7) is 6.83. The third-order valence-electron chi connectivity index (χ3n) is 4.97. The van der Waals surface area contributed by atoms with Crippen LogP contribution in [0, 0.1) is 10.5 Å². The SMILES string of the molecule is CC1=CC[C@](C)(c2ccc(I)cc2-c2ccc(C)cc2)CC1. The first-order valence-electron chi connectivity index (χ1n) is 8.01. The van der Waals surface area contributed by atoms with Gasteiger partial charge >= 0.3 is 0 Å². The Hall–Kier alpha value is -1.09. The van der Waals surface area contributed by atoms with Crippen molar-refractivity contribution < 1.29 is 0 Å². The van der Waals surface area contributed by atoms with Gasteiger partial charge in [0.25, 0.3) is 0 Å². The van der Waals surface area contributed by atoms with E-state index in [2.05, 4.69) is 91.9 Å². The first kappa shape index (κ1) is 15.8. The van der Waals surface area contributed by atoms with Crippen molar-refractivity contribution in [2.75, 3.05) is 0 Å². The molecule has 0 saturated carbocycles. The maximum atomic E-state index is 2.43. The van der Waals surface area contributed by atoms with Gasteiger partial charge in [-0.3, -0.25) is 0 Å². The summed E-state index contributed by atoms with van der Waals surface area (Å²) < 4.78 is 1.31. The smallest absolute Gasteiger partial charge is 0.0136 e. The minimum atomic E-state index is 0.254. The van der Waals surface area contributed by atoms with Gasteiger partial charge in [0.15, 0.2) is 0 Å². The number of aryl methyl sites for hydroxylation is 1. The summed E-state index contributed by atoms with van der Waals surface area (Å²) in [6.07, 6.45) is 6.04. The fourth-order valence-electron chi connectivity index (χ4n) is 3.34. The summed E-state index contributed by atoms with van der Waals surface area (Å²) in [5, 5.41) is 0. The fourth-order valence-corrected chi connectivity index (χ4v) is 3.83. The van der Waals surface area contributed by atoms with E-state index in [1.54, 1.807) is 5.57 Å². The predicted octanol–water partition coefficient (Wildman–Crippen LogP) is 6.65. The van der Waals surface area contributed by atoms with Crippen LogP contribution in [0.4, 0.5) is 0 Å². The monoisotopic (exact) mass is 402 g/mol. The third-order valence-corrected chi connectivity index (χ3v) is 5.64. The lowest BCUT2D eigenvalue weighted by atomic mass is 9.70. The molecule has 2 aromatic rings. The molecule has 0 aromatic heterocycles. The summed E-state index contributed by atoms with van der Waals surface area (Å²) >= 11 is 2.42. The first-order chi connectivity index (χ1) is 10.5. The molecule has 0 saturated heterocycles. The number of benzene rings is 2. The van der Waals surface area contributed by atoms with Crippen molar-refractivity contribution in [3.63, 3.8) is 0 Å². The van der Waals surface area contributed by atoms with E-state index in [4.69, 9.17) is 0 Å². The molecule has 0 amide bonds. The highest BCUT2D eigenvalue weighted by Gasteiger charge is 2.30. The normalized spacial score (nSPS) is 21.5. The second kappa shape index (κ2) is 6.19. The van der Waals surface area contributed by atoms with Crippen LogP contribution < -0.4 is 0 Å². The molecule has 1 aliphatic rings. The zero-order chi connectivity index (χ0) is 15.7. The van der Waals surface area contributed by atoms with Crippen molar-refractivity contribution in [3.05, 3.63) is 68.8 Å². The van der Waals surface area contributed by atoms with E-state index in [9.17, 15) is 0 Å². The second-order valence-corrected chi connectivity index (χ2v) is 8.12. The van der Waals surface area contributed by atoms with E-state index in [0.717, 1.165) is 6.42 Å². The molecule has 114 valence electrons. The highest BCUT2D eigenvalue weighted by molar-refractivity contribution is 14.1. The Balaban J connectivity index is 2.10. The summed E-state index contributed by atoms with van der Waals surface area (Å²) in [7, 11) is 0. The quantitative estimate of drug-likeness (QED) is 0.390. The van der Waals surface area contributed by atoms with Crippen LogP contribution in [-0.2, 0) is 5.41 Å². The predicted molar refractivity (Wildman–Crippen MR) is 104 cm³/mol. The molecule has 0 nitrogen and oxygen atoms in total. The van der Waals surface area contributed by atoms with E-state index in [1.165, 1.54) is 38.7 Å². The summed E-state index contributed by atoms with van der Waals surface area (Å²) in [5.74, 6) is 0. The standard InChI is InChI=1S/C21H23I/c1-15-4-6-17(7-5-15)19-14-18(22)8-9-20(19)21(3)12-10-16(2)11-13-21/h4-10,14H,11-13H2,1-3H3/t21-/m0/s1. The Labute approximate surface area is 147 Å². The lowest BCUT2D eigenvalue weighted by Crippen LogP contribution is -2.25. The van der Waals surface area contributed by atoms with Crippen LogP contribution in [-0.4, -0.2) is 0 Å². The minimum Gasteiger partial charge on any atom is -0.0847 e. The Morgan fingerprint density at radius 3 is 2.36 bits per heavy atom. The average molecular weight is 402 g/mol. The fraction of sp³-hybridized carbons (Fsp3) is 0.333. The number of rotatable bonds is 2. The summed E-state index contributed by atoms with van der Waals surface area (Å²) in [6, 6.07) is 15.9. The van der Waals surface area contributed by atoms with Crippen molar-refractivity contribution in [2.24, 2.45) is 0 Å². The third kappa shape index (κ3) is 3.15. The first-order valence-corrected chi connectivity index (χ1v) is 9.08. The van der Waals surface area contributed by atoms with Crippen LogP contribution in [0.15, 0.2) is 54.1 Å². The number of halogens is 1. The molecule has 0 heterocycles. The molecule has 1 aliphatic carbocycles. The summed E-state index contributed by atoms with van der Waals surface area (Å²) in [4.78, 5) is 0. The van der Waals surface area contributed by atoms with Gasteiger partial charge in [-0.25, -0.2) is 0 Å². The van der Waals surface area contributed by atoms with Gasteiger partial charge in [-0.1, -0.05) is 54.5 Å². The molecule has 2 aromatic carbocycles. The summed E-state index contributed by atoms with van der Waals surface area (Å²) in [5.41, 5.74) is 7.36. The molecule has 0 N–H and O–H groups in total.